The lowest BCUT2D eigenvalue weighted by molar-refractivity contribution is 0.0938. The number of H-pyrrole nitrogens is 1. The number of rotatable bonds is 4. The lowest BCUT2D eigenvalue weighted by Gasteiger charge is -2.14. The Morgan fingerprint density at radius 1 is 1.36 bits per heavy atom. The van der Waals surface area contributed by atoms with Crippen LogP contribution in [0.15, 0.2) is 18.2 Å². The Kier molecular flexibility index (Phi) is 4.21. The number of aromatic amines is 1. The lowest BCUT2D eigenvalue weighted by atomic mass is 10.1. The van der Waals surface area contributed by atoms with Crippen LogP contribution in [0, 0.1) is 6.92 Å². The second-order valence-corrected chi connectivity index (χ2v) is 6.91. The minimum atomic E-state index is -0.156. The summed E-state index contributed by atoms with van der Waals surface area (Å²) in [5.74, 6) is 1.18. The third-order valence-corrected chi connectivity index (χ3v) is 5.04. The number of carbonyl (C=O) groups is 1. The molecule has 0 bridgehead atoms. The van der Waals surface area contributed by atoms with E-state index in [0.717, 1.165) is 54.6 Å². The summed E-state index contributed by atoms with van der Waals surface area (Å²) in [6.45, 7) is 3.41. The van der Waals surface area contributed by atoms with Gasteiger partial charge in [0.15, 0.2) is 0 Å². The molecule has 1 amide bonds. The van der Waals surface area contributed by atoms with Crippen LogP contribution in [0.25, 0.3) is 10.9 Å². The number of hydrogen-bond acceptors (Lipinski definition) is 3. The van der Waals surface area contributed by atoms with Crippen LogP contribution in [0.2, 0.25) is 5.02 Å². The van der Waals surface area contributed by atoms with Crippen LogP contribution in [0.5, 0.6) is 0 Å². The first-order valence-electron chi connectivity index (χ1n) is 8.60. The Balaban J connectivity index is 1.46. The normalized spacial score (nSPS) is 13.8. The molecule has 0 spiro atoms. The van der Waals surface area contributed by atoms with Gasteiger partial charge in [0, 0.05) is 41.1 Å². The number of fused-ring (bicyclic) bond motifs is 2. The van der Waals surface area contributed by atoms with Crippen molar-refractivity contribution in [3.63, 3.8) is 0 Å². The molecule has 0 fully saturated rings. The van der Waals surface area contributed by atoms with Crippen LogP contribution in [0.1, 0.15) is 40.5 Å². The highest BCUT2D eigenvalue weighted by Crippen LogP contribution is 2.25. The predicted molar refractivity (Wildman–Crippen MR) is 97.0 cm³/mol. The maximum absolute atomic E-state index is 12.4. The molecule has 1 aliphatic heterocycles. The summed E-state index contributed by atoms with van der Waals surface area (Å²) < 4.78 is 1.94. The summed E-state index contributed by atoms with van der Waals surface area (Å²) in [6.07, 6.45) is 3.82. The summed E-state index contributed by atoms with van der Waals surface area (Å²) in [4.78, 5) is 15.8. The highest BCUT2D eigenvalue weighted by Gasteiger charge is 2.20. The van der Waals surface area contributed by atoms with Crippen LogP contribution in [-0.4, -0.2) is 32.2 Å². The monoisotopic (exact) mass is 357 g/mol. The number of hydrogen-bond donors (Lipinski definition) is 2. The second-order valence-electron chi connectivity index (χ2n) is 6.47. The lowest BCUT2D eigenvalue weighted by Crippen LogP contribution is -2.29. The average molecular weight is 358 g/mol. The van der Waals surface area contributed by atoms with Crippen LogP contribution in [-0.2, 0) is 19.4 Å². The third kappa shape index (κ3) is 3.02. The van der Waals surface area contributed by atoms with Gasteiger partial charge in [-0.05, 0) is 49.9 Å². The Hall–Kier alpha value is -2.34. The maximum atomic E-state index is 12.4. The highest BCUT2D eigenvalue weighted by molar-refractivity contribution is 6.31. The Labute approximate surface area is 150 Å². The molecule has 0 unspecified atom stereocenters. The first kappa shape index (κ1) is 16.1. The van der Waals surface area contributed by atoms with E-state index >= 15 is 0 Å². The van der Waals surface area contributed by atoms with E-state index in [1.54, 1.807) is 0 Å². The van der Waals surface area contributed by atoms with E-state index in [4.69, 9.17) is 11.6 Å². The molecule has 3 aromatic rings. The summed E-state index contributed by atoms with van der Waals surface area (Å²) in [7, 11) is 0. The number of amides is 1. The van der Waals surface area contributed by atoms with Gasteiger partial charge in [-0.1, -0.05) is 11.6 Å². The van der Waals surface area contributed by atoms with Gasteiger partial charge in [-0.2, -0.15) is 0 Å². The van der Waals surface area contributed by atoms with Crippen molar-refractivity contribution in [2.45, 2.75) is 39.2 Å². The molecule has 7 heteroatoms. The number of carbonyl (C=O) groups excluding carboxylic acids is 1. The van der Waals surface area contributed by atoms with Crippen molar-refractivity contribution >= 4 is 28.4 Å². The number of nitrogens with zero attached hydrogens (tertiary/aromatic N) is 3. The Morgan fingerprint density at radius 2 is 2.24 bits per heavy atom. The fourth-order valence-corrected chi connectivity index (χ4v) is 3.71. The molecule has 0 atom stereocenters. The molecule has 25 heavy (non-hydrogen) atoms. The molecule has 0 radical (unpaired) electrons. The van der Waals surface area contributed by atoms with Crippen molar-refractivity contribution in [2.24, 2.45) is 0 Å². The number of halogens is 1. The van der Waals surface area contributed by atoms with E-state index in [1.807, 2.05) is 29.7 Å². The Morgan fingerprint density at radius 3 is 3.12 bits per heavy atom. The number of nitrogens with one attached hydrogen (secondary N) is 2. The zero-order chi connectivity index (χ0) is 17.4. The molecule has 3 heterocycles. The van der Waals surface area contributed by atoms with E-state index in [2.05, 4.69) is 20.5 Å². The van der Waals surface area contributed by atoms with Crippen LogP contribution >= 0.6 is 11.6 Å². The van der Waals surface area contributed by atoms with Crippen LogP contribution < -0.4 is 5.32 Å². The van der Waals surface area contributed by atoms with E-state index in [1.165, 1.54) is 5.56 Å². The summed E-state index contributed by atoms with van der Waals surface area (Å²) in [5.41, 5.74) is 3.35. The highest BCUT2D eigenvalue weighted by atomic mass is 35.5. The van der Waals surface area contributed by atoms with E-state index < -0.39 is 0 Å². The number of aromatic nitrogens is 4. The van der Waals surface area contributed by atoms with Gasteiger partial charge in [0.1, 0.15) is 5.82 Å². The Bertz CT molecular complexity index is 942. The predicted octanol–water partition coefficient (Wildman–Crippen LogP) is 3.03. The van der Waals surface area contributed by atoms with Crippen molar-refractivity contribution < 1.29 is 4.79 Å². The van der Waals surface area contributed by atoms with Crippen molar-refractivity contribution in [1.29, 1.82) is 0 Å². The van der Waals surface area contributed by atoms with Gasteiger partial charge in [0.05, 0.1) is 0 Å². The minimum Gasteiger partial charge on any atom is -0.358 e. The standard InChI is InChI=1S/C18H20ClN5O/c1-11-13(14-10-12(19)5-6-15(14)21-11)7-8-20-18(25)17-23-22-16-4-2-3-9-24(16)17/h5-6,10,21H,2-4,7-9H2,1H3,(H,20,25). The molecule has 6 nitrogen and oxygen atoms in total. The van der Waals surface area contributed by atoms with Crippen molar-refractivity contribution in [3.05, 3.63) is 46.1 Å². The molecule has 2 aromatic heterocycles. The smallest absolute Gasteiger partial charge is 0.289 e. The van der Waals surface area contributed by atoms with E-state index in [-0.39, 0.29) is 5.91 Å². The van der Waals surface area contributed by atoms with Crippen LogP contribution in [0.4, 0.5) is 0 Å². The van der Waals surface area contributed by atoms with Crippen LogP contribution in [0.3, 0.4) is 0 Å². The molecule has 1 aliphatic rings. The molecular weight excluding hydrogens is 338 g/mol. The quantitative estimate of drug-likeness (QED) is 0.753. The number of benzene rings is 1. The number of aryl methyl sites for hydroxylation is 2. The van der Waals surface area contributed by atoms with Crippen molar-refractivity contribution in [2.75, 3.05) is 6.54 Å². The van der Waals surface area contributed by atoms with E-state index in [0.29, 0.717) is 17.4 Å². The fraction of sp³-hybridized carbons (Fsp3) is 0.389. The minimum absolute atomic E-state index is 0.156. The SMILES string of the molecule is Cc1[nH]c2ccc(Cl)cc2c1CCNC(=O)c1nnc2n1CCCC2. The third-order valence-electron chi connectivity index (χ3n) is 4.80. The second kappa shape index (κ2) is 6.52. The summed E-state index contributed by atoms with van der Waals surface area (Å²) >= 11 is 6.12. The molecular formula is C18H20ClN5O. The van der Waals surface area contributed by atoms with Gasteiger partial charge < -0.3 is 14.9 Å². The fourth-order valence-electron chi connectivity index (χ4n) is 3.53. The molecule has 0 saturated carbocycles. The molecule has 1 aromatic carbocycles. The van der Waals surface area contributed by atoms with Gasteiger partial charge in [-0.25, -0.2) is 0 Å². The van der Waals surface area contributed by atoms with Crippen molar-refractivity contribution in [3.8, 4) is 0 Å². The van der Waals surface area contributed by atoms with Gasteiger partial charge in [-0.15, -0.1) is 10.2 Å². The zero-order valence-electron chi connectivity index (χ0n) is 14.1. The summed E-state index contributed by atoms with van der Waals surface area (Å²) in [6, 6.07) is 5.82. The van der Waals surface area contributed by atoms with Gasteiger partial charge in [-0.3, -0.25) is 4.79 Å². The maximum Gasteiger partial charge on any atom is 0.289 e. The largest absolute Gasteiger partial charge is 0.358 e. The first-order valence-corrected chi connectivity index (χ1v) is 8.98. The van der Waals surface area contributed by atoms with E-state index in [9.17, 15) is 4.79 Å². The zero-order valence-corrected chi connectivity index (χ0v) is 14.9. The van der Waals surface area contributed by atoms with Gasteiger partial charge in [0.25, 0.3) is 5.91 Å². The van der Waals surface area contributed by atoms with Gasteiger partial charge in [0.2, 0.25) is 5.82 Å². The molecule has 130 valence electrons. The topological polar surface area (TPSA) is 75.6 Å². The molecule has 0 aliphatic carbocycles. The molecule has 2 N–H and O–H groups in total. The average Bonchev–Trinajstić information content (AvgIpc) is 3.16. The van der Waals surface area contributed by atoms with Gasteiger partial charge >= 0.3 is 0 Å². The first-order chi connectivity index (χ1) is 12.1. The summed E-state index contributed by atoms with van der Waals surface area (Å²) in [5, 5.41) is 13.0. The van der Waals surface area contributed by atoms with Crippen molar-refractivity contribution in [1.82, 2.24) is 25.1 Å². The molecule has 0 saturated heterocycles. The molecule has 4 rings (SSSR count).